The van der Waals surface area contributed by atoms with Crippen molar-refractivity contribution in [2.24, 2.45) is 0 Å². The standard InChI is InChI=1S/C22H25N3O3S2/c1-28-13-7-12-23-18(26)14-29-22-24-20-19(16-10-5-6-11-17(16)30-20)21(27)25(22)15-8-3-2-4-9-15/h2-4,8-9H,5-7,10-14H2,1H3,(H,23,26). The van der Waals surface area contributed by atoms with Crippen LogP contribution in [-0.2, 0) is 22.4 Å². The van der Waals surface area contributed by atoms with E-state index in [-0.39, 0.29) is 17.2 Å². The van der Waals surface area contributed by atoms with E-state index in [9.17, 15) is 9.59 Å². The van der Waals surface area contributed by atoms with Gasteiger partial charge in [-0.15, -0.1) is 11.3 Å². The molecule has 2 heterocycles. The van der Waals surface area contributed by atoms with Crippen LogP contribution >= 0.6 is 23.1 Å². The smallest absolute Gasteiger partial charge is 0.267 e. The summed E-state index contributed by atoms with van der Waals surface area (Å²) in [4.78, 5) is 32.8. The molecule has 2 aromatic heterocycles. The fraction of sp³-hybridized carbons (Fsp3) is 0.409. The molecule has 6 nitrogen and oxygen atoms in total. The molecule has 0 atom stereocenters. The van der Waals surface area contributed by atoms with Gasteiger partial charge < -0.3 is 10.1 Å². The first-order valence-corrected chi connectivity index (χ1v) is 12.0. The molecule has 1 aliphatic rings. The van der Waals surface area contributed by atoms with Gasteiger partial charge in [0.2, 0.25) is 5.91 Å². The Morgan fingerprint density at radius 2 is 2.07 bits per heavy atom. The second-order valence-corrected chi connectivity index (χ2v) is 9.27. The number of thiophene rings is 1. The van der Waals surface area contributed by atoms with Crippen molar-refractivity contribution < 1.29 is 9.53 Å². The number of benzene rings is 1. The number of amides is 1. The lowest BCUT2D eigenvalue weighted by Crippen LogP contribution is -2.28. The molecule has 0 spiro atoms. The highest BCUT2D eigenvalue weighted by molar-refractivity contribution is 7.99. The van der Waals surface area contributed by atoms with Gasteiger partial charge in [-0.2, -0.15) is 0 Å². The van der Waals surface area contributed by atoms with E-state index in [1.807, 2.05) is 30.3 Å². The molecule has 1 aromatic carbocycles. The van der Waals surface area contributed by atoms with Gasteiger partial charge in [0.25, 0.3) is 5.56 Å². The van der Waals surface area contributed by atoms with E-state index >= 15 is 0 Å². The van der Waals surface area contributed by atoms with E-state index in [0.29, 0.717) is 18.3 Å². The lowest BCUT2D eigenvalue weighted by molar-refractivity contribution is -0.118. The number of ether oxygens (including phenoxy) is 1. The summed E-state index contributed by atoms with van der Waals surface area (Å²) in [5.74, 6) is 0.138. The van der Waals surface area contributed by atoms with Crippen LogP contribution in [-0.4, -0.2) is 41.5 Å². The van der Waals surface area contributed by atoms with Crippen molar-refractivity contribution in [1.29, 1.82) is 0 Å². The quantitative estimate of drug-likeness (QED) is 0.327. The minimum atomic E-state index is -0.0736. The van der Waals surface area contributed by atoms with Crippen molar-refractivity contribution in [2.45, 2.75) is 37.3 Å². The largest absolute Gasteiger partial charge is 0.385 e. The first kappa shape index (κ1) is 21.1. The van der Waals surface area contributed by atoms with E-state index in [2.05, 4.69) is 5.32 Å². The minimum absolute atomic E-state index is 0.0337. The Morgan fingerprint density at radius 3 is 2.87 bits per heavy atom. The van der Waals surface area contributed by atoms with Crippen LogP contribution in [0.5, 0.6) is 0 Å². The topological polar surface area (TPSA) is 73.2 Å². The average Bonchev–Trinajstić information content (AvgIpc) is 3.14. The Labute approximate surface area is 183 Å². The molecule has 0 fully saturated rings. The molecule has 0 unspecified atom stereocenters. The van der Waals surface area contributed by atoms with Crippen molar-refractivity contribution >= 4 is 39.2 Å². The third-order valence-corrected chi connectivity index (χ3v) is 7.28. The maximum absolute atomic E-state index is 13.6. The van der Waals surface area contributed by atoms with Gasteiger partial charge in [0.05, 0.1) is 16.8 Å². The fourth-order valence-electron chi connectivity index (χ4n) is 3.71. The molecule has 0 bridgehead atoms. The van der Waals surface area contributed by atoms with Crippen molar-refractivity contribution in [1.82, 2.24) is 14.9 Å². The number of nitrogens with one attached hydrogen (secondary N) is 1. The van der Waals surface area contributed by atoms with Gasteiger partial charge in [-0.3, -0.25) is 14.2 Å². The number of aromatic nitrogens is 2. The van der Waals surface area contributed by atoms with Crippen LogP contribution in [0, 0.1) is 0 Å². The second kappa shape index (κ2) is 9.76. The molecule has 0 saturated carbocycles. The summed E-state index contributed by atoms with van der Waals surface area (Å²) in [6.07, 6.45) is 5.01. The SMILES string of the molecule is COCCCNC(=O)CSc1nc2sc3c(c2c(=O)n1-c1ccccc1)CCCC3. The lowest BCUT2D eigenvalue weighted by atomic mass is 9.97. The molecular weight excluding hydrogens is 418 g/mol. The number of carbonyl (C=O) groups is 1. The van der Waals surface area contributed by atoms with Crippen LogP contribution in [0.4, 0.5) is 0 Å². The predicted octanol–water partition coefficient (Wildman–Crippen LogP) is 3.57. The number of nitrogens with zero attached hydrogens (tertiary/aromatic N) is 2. The number of rotatable bonds is 8. The first-order chi connectivity index (χ1) is 14.7. The van der Waals surface area contributed by atoms with Crippen LogP contribution in [0.3, 0.4) is 0 Å². The average molecular weight is 444 g/mol. The van der Waals surface area contributed by atoms with Gasteiger partial charge >= 0.3 is 0 Å². The van der Waals surface area contributed by atoms with Gasteiger partial charge in [-0.05, 0) is 49.8 Å². The minimum Gasteiger partial charge on any atom is -0.385 e. The number of hydrogen-bond donors (Lipinski definition) is 1. The highest BCUT2D eigenvalue weighted by Gasteiger charge is 2.23. The van der Waals surface area contributed by atoms with E-state index in [0.717, 1.165) is 48.0 Å². The van der Waals surface area contributed by atoms with Gasteiger partial charge in [0, 0.05) is 25.1 Å². The van der Waals surface area contributed by atoms with Crippen molar-refractivity contribution in [2.75, 3.05) is 26.0 Å². The van der Waals surface area contributed by atoms with E-state index in [4.69, 9.17) is 9.72 Å². The zero-order valence-corrected chi connectivity index (χ0v) is 18.6. The highest BCUT2D eigenvalue weighted by atomic mass is 32.2. The van der Waals surface area contributed by atoms with Crippen LogP contribution in [0.25, 0.3) is 15.9 Å². The molecule has 0 saturated heterocycles. The number of thioether (sulfide) groups is 1. The van der Waals surface area contributed by atoms with Crippen molar-refractivity contribution in [3.05, 3.63) is 51.1 Å². The number of methoxy groups -OCH3 is 1. The second-order valence-electron chi connectivity index (χ2n) is 7.25. The Bertz CT molecular complexity index is 1090. The Kier molecular flexibility index (Phi) is 6.86. The summed E-state index contributed by atoms with van der Waals surface area (Å²) in [6.45, 7) is 1.19. The van der Waals surface area contributed by atoms with Crippen LogP contribution in [0.15, 0.2) is 40.3 Å². The molecular formula is C22H25N3O3S2. The summed E-state index contributed by atoms with van der Waals surface area (Å²) in [7, 11) is 1.64. The van der Waals surface area contributed by atoms with Crippen LogP contribution in [0.2, 0.25) is 0 Å². The summed E-state index contributed by atoms with van der Waals surface area (Å²) >= 11 is 2.94. The summed E-state index contributed by atoms with van der Waals surface area (Å²) in [5, 5.41) is 4.20. The number of aryl methyl sites for hydroxylation is 2. The van der Waals surface area contributed by atoms with Gasteiger partial charge in [0.15, 0.2) is 5.16 Å². The summed E-state index contributed by atoms with van der Waals surface area (Å²) in [5.41, 5.74) is 1.92. The number of carbonyl (C=O) groups excluding carboxylic acids is 1. The van der Waals surface area contributed by atoms with Crippen LogP contribution in [0.1, 0.15) is 29.7 Å². The van der Waals surface area contributed by atoms with Crippen LogP contribution < -0.4 is 10.9 Å². The molecule has 0 aliphatic heterocycles. The molecule has 3 aromatic rings. The molecule has 4 rings (SSSR count). The van der Waals surface area contributed by atoms with E-state index < -0.39 is 0 Å². The maximum atomic E-state index is 13.6. The Balaban J connectivity index is 1.67. The number of fused-ring (bicyclic) bond motifs is 3. The zero-order valence-electron chi connectivity index (χ0n) is 17.0. The number of para-hydroxylation sites is 1. The highest BCUT2D eigenvalue weighted by Crippen LogP contribution is 2.35. The monoisotopic (exact) mass is 443 g/mol. The van der Waals surface area contributed by atoms with Gasteiger partial charge in [0.1, 0.15) is 4.83 Å². The fourth-order valence-corrected chi connectivity index (χ4v) is 5.86. The molecule has 8 heteroatoms. The molecule has 1 amide bonds. The normalized spacial score (nSPS) is 13.4. The zero-order chi connectivity index (χ0) is 20.9. The Morgan fingerprint density at radius 1 is 1.27 bits per heavy atom. The third-order valence-electron chi connectivity index (χ3n) is 5.15. The Hall–Kier alpha value is -2.16. The molecule has 1 aliphatic carbocycles. The van der Waals surface area contributed by atoms with E-state index in [1.165, 1.54) is 22.2 Å². The maximum Gasteiger partial charge on any atom is 0.267 e. The predicted molar refractivity (Wildman–Crippen MR) is 122 cm³/mol. The molecule has 1 N–H and O–H groups in total. The summed E-state index contributed by atoms with van der Waals surface area (Å²) in [6, 6.07) is 9.55. The molecule has 0 radical (unpaired) electrons. The van der Waals surface area contributed by atoms with Gasteiger partial charge in [-0.25, -0.2) is 4.98 Å². The number of hydrogen-bond acceptors (Lipinski definition) is 6. The first-order valence-electron chi connectivity index (χ1n) is 10.2. The lowest BCUT2D eigenvalue weighted by Gasteiger charge is -2.13. The summed E-state index contributed by atoms with van der Waals surface area (Å²) < 4.78 is 6.66. The van der Waals surface area contributed by atoms with Crippen molar-refractivity contribution in [3.63, 3.8) is 0 Å². The van der Waals surface area contributed by atoms with Gasteiger partial charge in [-0.1, -0.05) is 30.0 Å². The van der Waals surface area contributed by atoms with Crippen molar-refractivity contribution in [3.8, 4) is 5.69 Å². The van der Waals surface area contributed by atoms with E-state index in [1.54, 1.807) is 23.0 Å². The molecule has 30 heavy (non-hydrogen) atoms. The molecule has 158 valence electrons. The third kappa shape index (κ3) is 4.45.